The number of unbranched alkanes of at least 4 members (excludes halogenated alkanes) is 42. The van der Waals surface area contributed by atoms with Crippen LogP contribution in [0.1, 0.15) is 342 Å². The lowest BCUT2D eigenvalue weighted by Crippen LogP contribution is -2.30. The average Bonchev–Trinajstić information content (AvgIpc) is 3.35. The number of rotatable bonds is 57. The smallest absolute Gasteiger partial charge is 0.306 e. The molecule has 6 heteroatoms. The molecule has 0 heterocycles. The molecule has 69 heavy (non-hydrogen) atoms. The predicted octanol–water partition coefficient (Wildman–Crippen LogP) is 20.7. The first-order valence-electron chi connectivity index (χ1n) is 30.8. The Balaban J connectivity index is 4.32. The SMILES string of the molecule is CCCCCCCC/C=C\CCCCCCCCCCCC(=O)OC[C@@H](COC(=O)CCCCCCC/C=C\CCCCCCCC)OC(=O)CCCCCCCCCCCCCCCCCCC. The molecule has 0 rings (SSSR count). The van der Waals surface area contributed by atoms with Crippen LogP contribution in [0.15, 0.2) is 24.3 Å². The molecular weight excluding hydrogens is 853 g/mol. The molecule has 0 aliphatic carbocycles. The van der Waals surface area contributed by atoms with Crippen molar-refractivity contribution >= 4 is 17.9 Å². The van der Waals surface area contributed by atoms with Crippen LogP contribution in [0.3, 0.4) is 0 Å². The molecule has 406 valence electrons. The zero-order valence-corrected chi connectivity index (χ0v) is 46.6. The van der Waals surface area contributed by atoms with Crippen molar-refractivity contribution in [2.24, 2.45) is 0 Å². The van der Waals surface area contributed by atoms with Crippen molar-refractivity contribution in [3.8, 4) is 0 Å². The predicted molar refractivity (Wildman–Crippen MR) is 298 cm³/mol. The Morgan fingerprint density at radius 3 is 0.725 bits per heavy atom. The van der Waals surface area contributed by atoms with E-state index in [0.29, 0.717) is 19.3 Å². The van der Waals surface area contributed by atoms with Crippen LogP contribution >= 0.6 is 0 Å². The first-order valence-corrected chi connectivity index (χ1v) is 30.8. The highest BCUT2D eigenvalue weighted by molar-refractivity contribution is 5.71. The molecule has 0 saturated heterocycles. The van der Waals surface area contributed by atoms with E-state index in [-0.39, 0.29) is 31.1 Å². The van der Waals surface area contributed by atoms with Crippen molar-refractivity contribution in [3.05, 3.63) is 24.3 Å². The Labute approximate surface area is 430 Å². The van der Waals surface area contributed by atoms with Gasteiger partial charge in [-0.05, 0) is 70.6 Å². The van der Waals surface area contributed by atoms with Crippen molar-refractivity contribution in [2.45, 2.75) is 348 Å². The molecule has 0 aliphatic rings. The highest BCUT2D eigenvalue weighted by Gasteiger charge is 2.19. The summed E-state index contributed by atoms with van der Waals surface area (Å²) in [6.45, 7) is 6.68. The van der Waals surface area contributed by atoms with Gasteiger partial charge in [0.2, 0.25) is 0 Å². The van der Waals surface area contributed by atoms with Crippen LogP contribution in [-0.4, -0.2) is 37.2 Å². The lowest BCUT2D eigenvalue weighted by atomic mass is 10.0. The normalized spacial score (nSPS) is 12.1. The second-order valence-corrected chi connectivity index (χ2v) is 21.0. The summed E-state index contributed by atoms with van der Waals surface area (Å²) in [5, 5.41) is 0. The third-order valence-electron chi connectivity index (χ3n) is 13.9. The molecule has 1 atom stereocenters. The summed E-state index contributed by atoms with van der Waals surface area (Å²) in [6.07, 6.45) is 68.9. The Kier molecular flexibility index (Phi) is 56.7. The molecular formula is C63H118O6. The topological polar surface area (TPSA) is 78.9 Å². The van der Waals surface area contributed by atoms with E-state index in [2.05, 4.69) is 45.1 Å². The highest BCUT2D eigenvalue weighted by Crippen LogP contribution is 2.17. The Morgan fingerprint density at radius 2 is 0.478 bits per heavy atom. The number of hydrogen-bond acceptors (Lipinski definition) is 6. The molecule has 0 aromatic carbocycles. The van der Waals surface area contributed by atoms with Gasteiger partial charge in [-0.2, -0.15) is 0 Å². The number of ether oxygens (including phenoxy) is 3. The van der Waals surface area contributed by atoms with Gasteiger partial charge in [0.1, 0.15) is 13.2 Å². The van der Waals surface area contributed by atoms with Gasteiger partial charge in [0.05, 0.1) is 0 Å². The maximum Gasteiger partial charge on any atom is 0.306 e. The monoisotopic (exact) mass is 971 g/mol. The molecule has 0 bridgehead atoms. The van der Waals surface area contributed by atoms with Crippen molar-refractivity contribution in [1.29, 1.82) is 0 Å². The summed E-state index contributed by atoms with van der Waals surface area (Å²) in [6, 6.07) is 0. The summed E-state index contributed by atoms with van der Waals surface area (Å²) in [4.78, 5) is 38.2. The van der Waals surface area contributed by atoms with E-state index in [1.807, 2.05) is 0 Å². The fraction of sp³-hybridized carbons (Fsp3) is 0.889. The molecule has 0 amide bonds. The first-order chi connectivity index (χ1) is 34.0. The van der Waals surface area contributed by atoms with Gasteiger partial charge in [-0.3, -0.25) is 14.4 Å². The van der Waals surface area contributed by atoms with Gasteiger partial charge in [0.15, 0.2) is 6.10 Å². The molecule has 0 unspecified atom stereocenters. The number of esters is 3. The quantitative estimate of drug-likeness (QED) is 0.0261. The average molecular weight is 972 g/mol. The highest BCUT2D eigenvalue weighted by atomic mass is 16.6. The minimum atomic E-state index is -0.772. The van der Waals surface area contributed by atoms with Crippen LogP contribution in [-0.2, 0) is 28.6 Å². The first kappa shape index (κ1) is 66.9. The van der Waals surface area contributed by atoms with Crippen molar-refractivity contribution in [1.82, 2.24) is 0 Å². The number of hydrogen-bond donors (Lipinski definition) is 0. The molecule has 0 spiro atoms. The zero-order chi connectivity index (χ0) is 50.0. The van der Waals surface area contributed by atoms with Crippen molar-refractivity contribution in [3.63, 3.8) is 0 Å². The van der Waals surface area contributed by atoms with Gasteiger partial charge in [0, 0.05) is 19.3 Å². The van der Waals surface area contributed by atoms with E-state index in [1.54, 1.807) is 0 Å². The summed E-state index contributed by atoms with van der Waals surface area (Å²) in [7, 11) is 0. The van der Waals surface area contributed by atoms with E-state index >= 15 is 0 Å². The van der Waals surface area contributed by atoms with Crippen LogP contribution in [0.2, 0.25) is 0 Å². The van der Waals surface area contributed by atoms with E-state index in [0.717, 1.165) is 64.2 Å². The second kappa shape index (κ2) is 58.5. The van der Waals surface area contributed by atoms with Crippen LogP contribution in [0.4, 0.5) is 0 Å². The molecule has 0 fully saturated rings. The van der Waals surface area contributed by atoms with Crippen LogP contribution < -0.4 is 0 Å². The minimum Gasteiger partial charge on any atom is -0.462 e. The standard InChI is InChI=1S/C63H118O6/c1-4-7-10-13-16-19-22-25-28-30-31-33-35-38-41-44-47-50-53-56-62(65)68-59-60(58-67-61(64)55-52-49-46-43-40-37-34-27-24-21-18-15-12-9-6-3)69-63(66)57-54-51-48-45-42-39-36-32-29-26-23-20-17-14-11-8-5-2/h25,27-28,34,60H,4-24,26,29-33,35-59H2,1-3H3/b28-25-,34-27-/t60-/m1/s1. The van der Waals surface area contributed by atoms with Gasteiger partial charge >= 0.3 is 17.9 Å². The third-order valence-corrected chi connectivity index (χ3v) is 13.9. The van der Waals surface area contributed by atoms with Crippen LogP contribution in [0.25, 0.3) is 0 Å². The molecule has 6 nitrogen and oxygen atoms in total. The lowest BCUT2D eigenvalue weighted by molar-refractivity contribution is -0.167. The maximum atomic E-state index is 12.9. The lowest BCUT2D eigenvalue weighted by Gasteiger charge is -2.18. The summed E-state index contributed by atoms with van der Waals surface area (Å²) in [5.74, 6) is -0.856. The summed E-state index contributed by atoms with van der Waals surface area (Å²) in [5.41, 5.74) is 0. The van der Waals surface area contributed by atoms with Gasteiger partial charge < -0.3 is 14.2 Å². The van der Waals surface area contributed by atoms with Crippen molar-refractivity contribution < 1.29 is 28.6 Å². The fourth-order valence-electron chi connectivity index (χ4n) is 9.26. The molecule has 0 N–H and O–H groups in total. The van der Waals surface area contributed by atoms with Crippen LogP contribution in [0, 0.1) is 0 Å². The second-order valence-electron chi connectivity index (χ2n) is 21.0. The number of allylic oxidation sites excluding steroid dienone is 4. The van der Waals surface area contributed by atoms with Gasteiger partial charge in [-0.1, -0.05) is 276 Å². The van der Waals surface area contributed by atoms with E-state index in [4.69, 9.17) is 14.2 Å². The molecule has 0 radical (unpaired) electrons. The van der Waals surface area contributed by atoms with E-state index in [9.17, 15) is 14.4 Å². The summed E-state index contributed by atoms with van der Waals surface area (Å²) >= 11 is 0. The molecule has 0 aromatic rings. The Bertz CT molecular complexity index is 1110. The van der Waals surface area contributed by atoms with Gasteiger partial charge in [-0.25, -0.2) is 0 Å². The number of carbonyl (C=O) groups excluding carboxylic acids is 3. The van der Waals surface area contributed by atoms with E-state index in [1.165, 1.54) is 238 Å². The Morgan fingerprint density at radius 1 is 0.275 bits per heavy atom. The summed E-state index contributed by atoms with van der Waals surface area (Å²) < 4.78 is 16.9. The van der Waals surface area contributed by atoms with Crippen molar-refractivity contribution in [2.75, 3.05) is 13.2 Å². The van der Waals surface area contributed by atoms with E-state index < -0.39 is 6.10 Å². The zero-order valence-electron chi connectivity index (χ0n) is 46.6. The van der Waals surface area contributed by atoms with Gasteiger partial charge in [0.25, 0.3) is 0 Å². The molecule has 0 aliphatic heterocycles. The largest absolute Gasteiger partial charge is 0.462 e. The Hall–Kier alpha value is -2.11. The molecule has 0 saturated carbocycles. The van der Waals surface area contributed by atoms with Gasteiger partial charge in [-0.15, -0.1) is 0 Å². The number of carbonyl (C=O) groups is 3. The minimum absolute atomic E-state index is 0.0702. The maximum absolute atomic E-state index is 12.9. The fourth-order valence-corrected chi connectivity index (χ4v) is 9.26. The third kappa shape index (κ3) is 56.7. The molecule has 0 aromatic heterocycles. The van der Waals surface area contributed by atoms with Crippen LogP contribution in [0.5, 0.6) is 0 Å².